The van der Waals surface area contributed by atoms with Crippen molar-refractivity contribution in [3.8, 4) is 21.3 Å². The van der Waals surface area contributed by atoms with Crippen molar-refractivity contribution in [2.45, 2.75) is 76.1 Å². The van der Waals surface area contributed by atoms with Crippen molar-refractivity contribution in [2.24, 2.45) is 0 Å². The molecule has 3 heterocycles. The minimum Gasteiger partial charge on any atom is -0.390 e. The lowest BCUT2D eigenvalue weighted by Crippen LogP contribution is -2.39. The van der Waals surface area contributed by atoms with E-state index in [-0.39, 0.29) is 59.6 Å². The highest BCUT2D eigenvalue weighted by molar-refractivity contribution is 7.89. The van der Waals surface area contributed by atoms with Gasteiger partial charge in [0.1, 0.15) is 16.8 Å². The molecule has 1 aliphatic rings. The number of halogens is 4. The standard InChI is InChI=1S/C25H29F4N5O5S2/c1-12(2)33-41(37,38)15-6-5-14(17(18(15)27)21(28)29)20-19(24(35)34-9-7-13(26)8-10-34)31-23(40-20)22-30-16(39-32-22)11-25(3,4)36/h5-6,12-13,21,33,36H,7-11H2,1-4H3. The molecule has 0 unspecified atom stereocenters. The zero-order chi connectivity index (χ0) is 30.3. The van der Waals surface area contributed by atoms with Gasteiger partial charge < -0.3 is 14.5 Å². The lowest BCUT2D eigenvalue weighted by Gasteiger charge is -2.28. The second kappa shape index (κ2) is 11.7. The van der Waals surface area contributed by atoms with E-state index < -0.39 is 62.0 Å². The average molecular weight is 620 g/mol. The van der Waals surface area contributed by atoms with Crippen LogP contribution in [0.4, 0.5) is 17.6 Å². The molecule has 0 spiro atoms. The van der Waals surface area contributed by atoms with E-state index in [0.717, 1.165) is 12.1 Å². The molecule has 0 aliphatic carbocycles. The summed E-state index contributed by atoms with van der Waals surface area (Å²) in [6, 6.07) is 1.21. The first-order valence-corrected chi connectivity index (χ1v) is 15.0. The van der Waals surface area contributed by atoms with Crippen molar-refractivity contribution in [2.75, 3.05) is 13.1 Å². The molecular formula is C25H29F4N5O5S2. The van der Waals surface area contributed by atoms with Crippen LogP contribution in [0.3, 0.4) is 0 Å². The number of rotatable bonds is 9. The molecule has 1 saturated heterocycles. The number of carbonyl (C=O) groups excluding carboxylic acids is 1. The number of aliphatic hydroxyl groups is 1. The van der Waals surface area contributed by atoms with Crippen molar-refractivity contribution < 1.29 is 40.4 Å². The number of benzene rings is 1. The van der Waals surface area contributed by atoms with Crippen LogP contribution in [0.5, 0.6) is 0 Å². The second-order valence-electron chi connectivity index (χ2n) is 10.6. The van der Waals surface area contributed by atoms with Gasteiger partial charge in [0.25, 0.3) is 12.3 Å². The molecule has 1 aliphatic heterocycles. The van der Waals surface area contributed by atoms with E-state index >= 15 is 4.39 Å². The zero-order valence-corrected chi connectivity index (χ0v) is 24.3. The highest BCUT2D eigenvalue weighted by Gasteiger charge is 2.34. The maximum atomic E-state index is 15.5. The van der Waals surface area contributed by atoms with Crippen LogP contribution < -0.4 is 4.72 Å². The number of alkyl halides is 3. The summed E-state index contributed by atoms with van der Waals surface area (Å²) in [5, 5.41) is 13.8. The van der Waals surface area contributed by atoms with Crippen LogP contribution >= 0.6 is 11.3 Å². The predicted octanol–water partition coefficient (Wildman–Crippen LogP) is 4.51. The first-order chi connectivity index (χ1) is 19.1. The van der Waals surface area contributed by atoms with Crippen LogP contribution in [0.15, 0.2) is 21.6 Å². The number of piperidine rings is 1. The van der Waals surface area contributed by atoms with Crippen molar-refractivity contribution >= 4 is 27.3 Å². The Kier molecular flexibility index (Phi) is 8.87. The fraction of sp³-hybridized carbons (Fsp3) is 0.520. The number of amides is 1. The summed E-state index contributed by atoms with van der Waals surface area (Å²) in [5.41, 5.74) is -3.17. The summed E-state index contributed by atoms with van der Waals surface area (Å²) in [7, 11) is -4.48. The van der Waals surface area contributed by atoms with Crippen molar-refractivity contribution in [1.82, 2.24) is 24.7 Å². The van der Waals surface area contributed by atoms with Gasteiger partial charge in [0.15, 0.2) is 10.8 Å². The van der Waals surface area contributed by atoms with Gasteiger partial charge in [0.05, 0.1) is 22.5 Å². The molecular weight excluding hydrogens is 590 g/mol. The topological polar surface area (TPSA) is 139 Å². The zero-order valence-electron chi connectivity index (χ0n) is 22.6. The molecule has 16 heteroatoms. The Morgan fingerprint density at radius 2 is 1.90 bits per heavy atom. The number of carbonyl (C=O) groups is 1. The van der Waals surface area contributed by atoms with Gasteiger partial charge in [-0.1, -0.05) is 11.2 Å². The molecule has 3 aromatic rings. The number of thiazole rings is 1. The van der Waals surface area contributed by atoms with Crippen molar-refractivity contribution in [3.05, 3.63) is 35.1 Å². The summed E-state index contributed by atoms with van der Waals surface area (Å²) in [6.07, 6.45) is -4.40. The highest BCUT2D eigenvalue weighted by Crippen LogP contribution is 2.42. The van der Waals surface area contributed by atoms with E-state index in [1.807, 2.05) is 0 Å². The average Bonchev–Trinajstić information content (AvgIpc) is 3.48. The van der Waals surface area contributed by atoms with Gasteiger partial charge in [-0.25, -0.2) is 35.7 Å². The molecule has 41 heavy (non-hydrogen) atoms. The van der Waals surface area contributed by atoms with Crippen molar-refractivity contribution in [1.29, 1.82) is 0 Å². The van der Waals surface area contributed by atoms with Gasteiger partial charge in [-0.2, -0.15) is 4.98 Å². The Hall–Kier alpha value is -2.95. The first-order valence-electron chi connectivity index (χ1n) is 12.7. The summed E-state index contributed by atoms with van der Waals surface area (Å²) in [6.45, 7) is 6.14. The van der Waals surface area contributed by atoms with E-state index in [0.29, 0.717) is 11.3 Å². The SMILES string of the molecule is CC(C)NS(=O)(=O)c1ccc(-c2sc(-c3noc(CC(C)(C)O)n3)nc2C(=O)N2CCC(F)CC2)c(C(F)F)c1F. The van der Waals surface area contributed by atoms with Gasteiger partial charge >= 0.3 is 0 Å². The van der Waals surface area contributed by atoms with Gasteiger partial charge in [-0.05, 0) is 46.6 Å². The number of hydrogen-bond acceptors (Lipinski definition) is 9. The van der Waals surface area contributed by atoms with Crippen LogP contribution in [-0.4, -0.2) is 70.4 Å². The number of likely N-dealkylation sites (tertiary alicyclic amines) is 1. The number of nitrogens with zero attached hydrogens (tertiary/aromatic N) is 4. The number of aromatic nitrogens is 3. The van der Waals surface area contributed by atoms with E-state index in [1.54, 1.807) is 0 Å². The minimum atomic E-state index is -4.48. The van der Waals surface area contributed by atoms with Gasteiger partial charge in [0, 0.05) is 24.7 Å². The molecule has 10 nitrogen and oxygen atoms in total. The molecule has 4 rings (SSSR count). The summed E-state index contributed by atoms with van der Waals surface area (Å²) < 4.78 is 90.6. The van der Waals surface area contributed by atoms with Crippen LogP contribution in [0, 0.1) is 5.82 Å². The molecule has 1 fully saturated rings. The largest absolute Gasteiger partial charge is 0.390 e. The smallest absolute Gasteiger partial charge is 0.274 e. The Bertz CT molecular complexity index is 1530. The Morgan fingerprint density at radius 3 is 2.49 bits per heavy atom. The third kappa shape index (κ3) is 6.93. The Morgan fingerprint density at radius 1 is 1.24 bits per heavy atom. The molecule has 0 bridgehead atoms. The van der Waals surface area contributed by atoms with Crippen molar-refractivity contribution in [3.63, 3.8) is 0 Å². The van der Waals surface area contributed by atoms with Crippen LogP contribution in [0.2, 0.25) is 0 Å². The molecule has 0 saturated carbocycles. The molecule has 1 amide bonds. The van der Waals surface area contributed by atoms with E-state index in [2.05, 4.69) is 19.8 Å². The first kappa shape index (κ1) is 31.0. The van der Waals surface area contributed by atoms with Gasteiger partial charge in [-0.15, -0.1) is 11.3 Å². The van der Waals surface area contributed by atoms with Gasteiger partial charge in [0.2, 0.25) is 21.7 Å². The maximum Gasteiger partial charge on any atom is 0.274 e. The van der Waals surface area contributed by atoms with Crippen LogP contribution in [0.1, 0.15) is 68.9 Å². The highest BCUT2D eigenvalue weighted by atomic mass is 32.2. The lowest BCUT2D eigenvalue weighted by atomic mass is 10.0. The van der Waals surface area contributed by atoms with Crippen LogP contribution in [0.25, 0.3) is 21.3 Å². The predicted molar refractivity (Wildman–Crippen MR) is 141 cm³/mol. The van der Waals surface area contributed by atoms with E-state index in [4.69, 9.17) is 4.52 Å². The lowest BCUT2D eigenvalue weighted by molar-refractivity contribution is 0.0661. The molecule has 0 atom stereocenters. The maximum absolute atomic E-state index is 15.5. The Balaban J connectivity index is 1.87. The third-order valence-electron chi connectivity index (χ3n) is 6.07. The number of sulfonamides is 1. The molecule has 1 aromatic carbocycles. The fourth-order valence-electron chi connectivity index (χ4n) is 4.29. The number of hydrogen-bond donors (Lipinski definition) is 2. The Labute approximate surface area is 237 Å². The fourth-order valence-corrected chi connectivity index (χ4v) is 6.66. The quantitative estimate of drug-likeness (QED) is 0.334. The second-order valence-corrected chi connectivity index (χ2v) is 13.3. The minimum absolute atomic E-state index is 0.0106. The molecule has 2 aromatic heterocycles. The number of nitrogens with one attached hydrogen (secondary N) is 1. The van der Waals surface area contributed by atoms with E-state index in [9.17, 15) is 31.5 Å². The van der Waals surface area contributed by atoms with Crippen LogP contribution in [-0.2, 0) is 16.4 Å². The summed E-state index contributed by atoms with van der Waals surface area (Å²) >= 11 is 0.709. The molecule has 0 radical (unpaired) electrons. The third-order valence-corrected chi connectivity index (χ3v) is 8.83. The summed E-state index contributed by atoms with van der Waals surface area (Å²) in [5.74, 6) is -2.41. The normalized spacial score (nSPS) is 15.3. The van der Waals surface area contributed by atoms with Gasteiger partial charge in [-0.3, -0.25) is 4.79 Å². The molecule has 224 valence electrons. The monoisotopic (exact) mass is 619 g/mol. The van der Waals surface area contributed by atoms with E-state index in [1.165, 1.54) is 32.6 Å². The molecule has 2 N–H and O–H groups in total. The summed E-state index contributed by atoms with van der Waals surface area (Å²) in [4.78, 5) is 22.2.